The summed E-state index contributed by atoms with van der Waals surface area (Å²) in [6, 6.07) is 1.92. The van der Waals surface area contributed by atoms with Gasteiger partial charge in [0.05, 0.1) is 12.5 Å². The molecule has 0 radical (unpaired) electrons. The zero-order valence-electron chi connectivity index (χ0n) is 17.7. The minimum atomic E-state index is -0.882. The first-order chi connectivity index (χ1) is 14.5. The lowest BCUT2D eigenvalue weighted by Gasteiger charge is -2.36. The fourth-order valence-corrected chi connectivity index (χ4v) is 4.03. The maximum absolute atomic E-state index is 12.2. The predicted molar refractivity (Wildman–Crippen MR) is 111 cm³/mol. The second-order valence-corrected chi connectivity index (χ2v) is 7.68. The Bertz CT molecular complexity index is 1050. The first kappa shape index (κ1) is 20.3. The number of esters is 1. The van der Waals surface area contributed by atoms with E-state index in [0.29, 0.717) is 35.9 Å². The molecule has 0 saturated heterocycles. The van der Waals surface area contributed by atoms with Gasteiger partial charge in [0.25, 0.3) is 0 Å². The number of H-pyrrole nitrogens is 1. The van der Waals surface area contributed by atoms with Crippen molar-refractivity contribution in [3.63, 3.8) is 0 Å². The number of rotatable bonds is 6. The molecule has 10 nitrogen and oxygen atoms in total. The summed E-state index contributed by atoms with van der Waals surface area (Å²) in [5.74, 6) is 1.87. The van der Waals surface area contributed by atoms with Crippen molar-refractivity contribution < 1.29 is 14.3 Å². The Balaban J connectivity index is 1.65. The molecule has 1 aliphatic rings. The summed E-state index contributed by atoms with van der Waals surface area (Å²) < 4.78 is 12.4. The van der Waals surface area contributed by atoms with Crippen LogP contribution in [-0.2, 0) is 20.8 Å². The van der Waals surface area contributed by atoms with Crippen LogP contribution in [0.1, 0.15) is 50.0 Å². The fourth-order valence-electron chi connectivity index (χ4n) is 4.03. The van der Waals surface area contributed by atoms with Gasteiger partial charge in [0.15, 0.2) is 17.1 Å². The van der Waals surface area contributed by atoms with E-state index in [4.69, 9.17) is 19.4 Å². The van der Waals surface area contributed by atoms with Crippen LogP contribution in [0, 0.1) is 6.92 Å². The van der Waals surface area contributed by atoms with Crippen LogP contribution in [0.3, 0.4) is 0 Å². The van der Waals surface area contributed by atoms with Crippen molar-refractivity contribution in [2.45, 2.75) is 57.6 Å². The number of ether oxygens (including phenoxy) is 2. The molecule has 3 aromatic heterocycles. The number of fused-ring (bicyclic) bond motifs is 1. The number of aryl methyl sites for hydroxylation is 2. The number of aromatic amines is 1. The van der Waals surface area contributed by atoms with Crippen LogP contribution in [0.5, 0.6) is 0 Å². The molecule has 4 rings (SSSR count). The van der Waals surface area contributed by atoms with Gasteiger partial charge in [0.1, 0.15) is 11.6 Å². The van der Waals surface area contributed by atoms with Gasteiger partial charge in [-0.3, -0.25) is 9.78 Å². The number of carbonyl (C=O) groups is 1. The lowest BCUT2D eigenvalue weighted by molar-refractivity contribution is -0.170. The summed E-state index contributed by atoms with van der Waals surface area (Å²) in [6.45, 7) is 4.72. The highest BCUT2D eigenvalue weighted by atomic mass is 16.6. The van der Waals surface area contributed by atoms with Crippen molar-refractivity contribution in [2.75, 3.05) is 19.5 Å². The molecule has 2 N–H and O–H groups in total. The van der Waals surface area contributed by atoms with Crippen LogP contribution < -0.4 is 5.32 Å². The highest BCUT2D eigenvalue weighted by Gasteiger charge is 2.44. The van der Waals surface area contributed by atoms with Crippen LogP contribution in [0.25, 0.3) is 11.0 Å². The molecule has 0 atom stereocenters. The molecule has 3 aromatic rings. The van der Waals surface area contributed by atoms with Gasteiger partial charge in [-0.05, 0) is 39.5 Å². The van der Waals surface area contributed by atoms with Gasteiger partial charge >= 0.3 is 5.97 Å². The highest BCUT2D eigenvalue weighted by molar-refractivity contribution is 5.88. The van der Waals surface area contributed by atoms with Crippen molar-refractivity contribution in [3.8, 4) is 0 Å². The van der Waals surface area contributed by atoms with E-state index in [0.717, 1.165) is 30.5 Å². The van der Waals surface area contributed by atoms with Gasteiger partial charge < -0.3 is 14.8 Å². The summed E-state index contributed by atoms with van der Waals surface area (Å²) in [7, 11) is 2.95. The largest absolute Gasteiger partial charge is 0.467 e. The number of hydrogen-bond donors (Lipinski definition) is 2. The molecule has 1 aliphatic carbocycles. The third kappa shape index (κ3) is 3.62. The Hall–Kier alpha value is -3.01. The summed E-state index contributed by atoms with van der Waals surface area (Å²) in [5.41, 5.74) is 0.721. The van der Waals surface area contributed by atoms with E-state index >= 15 is 0 Å². The summed E-state index contributed by atoms with van der Waals surface area (Å²) >= 11 is 0. The van der Waals surface area contributed by atoms with Crippen molar-refractivity contribution >= 4 is 28.6 Å². The molecule has 0 spiro atoms. The topological polar surface area (TPSA) is 120 Å². The second-order valence-electron chi connectivity index (χ2n) is 7.68. The van der Waals surface area contributed by atoms with Crippen molar-refractivity contribution in [1.29, 1.82) is 0 Å². The van der Waals surface area contributed by atoms with Gasteiger partial charge in [-0.2, -0.15) is 10.2 Å². The lowest BCUT2D eigenvalue weighted by Crippen LogP contribution is -2.44. The molecule has 1 saturated carbocycles. The average Bonchev–Trinajstić information content (AvgIpc) is 3.38. The van der Waals surface area contributed by atoms with Crippen molar-refractivity contribution in [2.24, 2.45) is 0 Å². The van der Waals surface area contributed by atoms with E-state index in [1.807, 2.05) is 30.8 Å². The van der Waals surface area contributed by atoms with Gasteiger partial charge in [-0.1, -0.05) is 0 Å². The van der Waals surface area contributed by atoms with E-state index < -0.39 is 5.60 Å². The fraction of sp³-hybridized carbons (Fsp3) is 0.550. The first-order valence-electron chi connectivity index (χ1n) is 10.2. The van der Waals surface area contributed by atoms with E-state index in [-0.39, 0.29) is 11.9 Å². The van der Waals surface area contributed by atoms with Gasteiger partial charge in [0, 0.05) is 37.5 Å². The number of methoxy groups -OCH3 is 2. The van der Waals surface area contributed by atoms with E-state index in [1.165, 1.54) is 7.11 Å². The second kappa shape index (κ2) is 8.02. The van der Waals surface area contributed by atoms with Crippen LogP contribution >= 0.6 is 0 Å². The van der Waals surface area contributed by atoms with Crippen LogP contribution in [0.4, 0.5) is 11.6 Å². The molecule has 160 valence electrons. The molecule has 0 aliphatic heterocycles. The van der Waals surface area contributed by atoms with E-state index in [9.17, 15) is 4.79 Å². The Labute approximate surface area is 174 Å². The Morgan fingerprint density at radius 3 is 2.70 bits per heavy atom. The van der Waals surface area contributed by atoms with Crippen LogP contribution in [-0.4, -0.2) is 55.7 Å². The predicted octanol–water partition coefficient (Wildman–Crippen LogP) is 2.84. The molecule has 0 bridgehead atoms. The van der Waals surface area contributed by atoms with Gasteiger partial charge in [-0.15, -0.1) is 0 Å². The molecule has 10 heteroatoms. The number of nitrogens with zero attached hydrogens (tertiary/aromatic N) is 5. The SMILES string of the molecule is CCn1cc2c(Nc3cc(C)[nH]n3)nc(C3CCC(OC)(C(=O)OC)CC3)nc2n1. The molecule has 0 unspecified atom stereocenters. The van der Waals surface area contributed by atoms with E-state index in [2.05, 4.69) is 20.6 Å². The minimum absolute atomic E-state index is 0.107. The summed E-state index contributed by atoms with van der Waals surface area (Å²) in [5, 5.41) is 15.9. The molecule has 3 heterocycles. The van der Waals surface area contributed by atoms with E-state index in [1.54, 1.807) is 7.11 Å². The van der Waals surface area contributed by atoms with Gasteiger partial charge in [-0.25, -0.2) is 14.8 Å². The lowest BCUT2D eigenvalue weighted by atomic mass is 9.78. The quantitative estimate of drug-likeness (QED) is 0.592. The maximum Gasteiger partial charge on any atom is 0.338 e. The first-order valence-corrected chi connectivity index (χ1v) is 10.2. The number of carbonyl (C=O) groups excluding carboxylic acids is 1. The molecule has 0 amide bonds. The van der Waals surface area contributed by atoms with Crippen LogP contribution in [0.15, 0.2) is 12.3 Å². The maximum atomic E-state index is 12.2. The van der Waals surface area contributed by atoms with Gasteiger partial charge in [0.2, 0.25) is 0 Å². The Morgan fingerprint density at radius 1 is 1.33 bits per heavy atom. The third-order valence-electron chi connectivity index (χ3n) is 5.83. The van der Waals surface area contributed by atoms with Crippen molar-refractivity contribution in [3.05, 3.63) is 23.8 Å². The Kier molecular flexibility index (Phi) is 5.42. The highest BCUT2D eigenvalue weighted by Crippen LogP contribution is 2.40. The standard InChI is InChI=1S/C20H27N7O3/c1-5-27-11-14-17(21-15-10-12(2)24-25-15)22-16(23-18(14)26-27)13-6-8-20(30-4,9-7-13)19(28)29-3/h10-11,13H,5-9H2,1-4H3,(H2,21,22,23,24,25,26). The molecule has 1 fully saturated rings. The number of anilines is 2. The molecular weight excluding hydrogens is 386 g/mol. The Morgan fingerprint density at radius 2 is 2.10 bits per heavy atom. The van der Waals surface area contributed by atoms with Crippen molar-refractivity contribution in [1.82, 2.24) is 29.9 Å². The minimum Gasteiger partial charge on any atom is -0.467 e. The smallest absolute Gasteiger partial charge is 0.338 e. The zero-order valence-corrected chi connectivity index (χ0v) is 17.7. The average molecular weight is 413 g/mol. The molecular formula is C20H27N7O3. The number of hydrogen-bond acceptors (Lipinski definition) is 8. The molecule has 30 heavy (non-hydrogen) atoms. The summed E-state index contributed by atoms with van der Waals surface area (Å²) in [6.07, 6.45) is 4.52. The van der Waals surface area contributed by atoms with Crippen LogP contribution in [0.2, 0.25) is 0 Å². The normalized spacial score (nSPS) is 21.7. The zero-order chi connectivity index (χ0) is 21.3. The third-order valence-corrected chi connectivity index (χ3v) is 5.83. The summed E-state index contributed by atoms with van der Waals surface area (Å²) in [4.78, 5) is 21.8. The number of nitrogens with one attached hydrogen (secondary N) is 2. The molecule has 0 aromatic carbocycles. The monoisotopic (exact) mass is 413 g/mol. The number of aromatic nitrogens is 6.